The minimum Gasteiger partial charge on any atom is -0.456 e. The first-order valence-corrected chi connectivity index (χ1v) is 16.5. The SMILES string of the molecule is c1ccc(-c2ccc3ccc4c(-c5ccc6c(c5)oc5cc(-n7c8ccccc8c8ccccc87)ccc56)ccc5ccc2c3c54)cc1. The molecule has 0 bridgehead atoms. The lowest BCUT2D eigenvalue weighted by molar-refractivity contribution is 0.669. The Kier molecular flexibility index (Phi) is 5.14. The second-order valence-corrected chi connectivity index (χ2v) is 12.9. The zero-order chi connectivity index (χ0) is 31.3. The molecular weight excluding hydrogens is 583 g/mol. The van der Waals surface area contributed by atoms with Crippen LogP contribution in [0.25, 0.3) is 104 Å². The average Bonchev–Trinajstić information content (AvgIpc) is 3.69. The molecule has 0 amide bonds. The number of hydrogen-bond donors (Lipinski definition) is 0. The van der Waals surface area contributed by atoms with E-state index in [0.29, 0.717) is 0 Å². The van der Waals surface area contributed by atoms with Crippen LogP contribution in [-0.4, -0.2) is 4.57 Å². The summed E-state index contributed by atoms with van der Waals surface area (Å²) in [4.78, 5) is 0. The van der Waals surface area contributed by atoms with Crippen LogP contribution in [0.15, 0.2) is 168 Å². The van der Waals surface area contributed by atoms with Gasteiger partial charge in [-0.05, 0) is 91.0 Å². The van der Waals surface area contributed by atoms with Crippen LogP contribution in [-0.2, 0) is 0 Å². The van der Waals surface area contributed by atoms with E-state index in [1.165, 1.54) is 70.8 Å². The molecule has 9 aromatic carbocycles. The first kappa shape index (κ1) is 25.8. The Morgan fingerprint density at radius 3 is 1.54 bits per heavy atom. The molecule has 0 radical (unpaired) electrons. The lowest BCUT2D eigenvalue weighted by atomic mass is 9.87. The van der Waals surface area contributed by atoms with Gasteiger partial charge in [-0.3, -0.25) is 0 Å². The number of benzene rings is 9. The van der Waals surface area contributed by atoms with Crippen molar-refractivity contribution in [1.29, 1.82) is 0 Å². The predicted octanol–water partition coefficient (Wildman–Crippen LogP) is 12.9. The van der Waals surface area contributed by atoms with Crippen LogP contribution in [0.1, 0.15) is 0 Å². The second-order valence-electron chi connectivity index (χ2n) is 12.9. The number of fused-ring (bicyclic) bond motifs is 6. The Labute approximate surface area is 276 Å². The number of nitrogens with zero attached hydrogens (tertiary/aromatic N) is 1. The summed E-state index contributed by atoms with van der Waals surface area (Å²) >= 11 is 0. The van der Waals surface area contributed by atoms with Crippen molar-refractivity contribution in [3.8, 4) is 27.9 Å². The molecule has 48 heavy (non-hydrogen) atoms. The molecule has 0 aliphatic rings. The largest absolute Gasteiger partial charge is 0.456 e. The van der Waals surface area contributed by atoms with Gasteiger partial charge in [-0.2, -0.15) is 0 Å². The van der Waals surface area contributed by atoms with Gasteiger partial charge in [0.2, 0.25) is 0 Å². The zero-order valence-electron chi connectivity index (χ0n) is 25.9. The highest BCUT2D eigenvalue weighted by Gasteiger charge is 2.17. The third kappa shape index (κ3) is 3.52. The lowest BCUT2D eigenvalue weighted by Gasteiger charge is -2.16. The van der Waals surface area contributed by atoms with Gasteiger partial charge in [-0.15, -0.1) is 0 Å². The number of hydrogen-bond acceptors (Lipinski definition) is 1. The van der Waals surface area contributed by atoms with Crippen molar-refractivity contribution in [2.24, 2.45) is 0 Å². The summed E-state index contributed by atoms with van der Waals surface area (Å²) in [5, 5.41) is 12.5. The Hall–Kier alpha value is -6.38. The topological polar surface area (TPSA) is 18.1 Å². The van der Waals surface area contributed by atoms with E-state index >= 15 is 0 Å². The zero-order valence-corrected chi connectivity index (χ0v) is 25.9. The molecule has 0 saturated heterocycles. The molecule has 2 nitrogen and oxygen atoms in total. The van der Waals surface area contributed by atoms with Crippen molar-refractivity contribution in [2.75, 3.05) is 0 Å². The van der Waals surface area contributed by atoms with Gasteiger partial charge in [-0.25, -0.2) is 0 Å². The summed E-state index contributed by atoms with van der Waals surface area (Å²) in [6.45, 7) is 0. The highest BCUT2D eigenvalue weighted by Crippen LogP contribution is 2.43. The average molecular weight is 610 g/mol. The van der Waals surface area contributed by atoms with Crippen LogP contribution in [0.5, 0.6) is 0 Å². The van der Waals surface area contributed by atoms with E-state index in [4.69, 9.17) is 4.42 Å². The molecule has 2 aromatic heterocycles. The van der Waals surface area contributed by atoms with Crippen molar-refractivity contribution < 1.29 is 4.42 Å². The van der Waals surface area contributed by atoms with E-state index in [0.717, 1.165) is 33.2 Å². The third-order valence-electron chi connectivity index (χ3n) is 10.4. The maximum Gasteiger partial charge on any atom is 0.137 e. The van der Waals surface area contributed by atoms with Gasteiger partial charge in [0.05, 0.1) is 11.0 Å². The fourth-order valence-corrected chi connectivity index (χ4v) is 8.20. The van der Waals surface area contributed by atoms with Gasteiger partial charge < -0.3 is 8.98 Å². The second kappa shape index (κ2) is 9.57. The molecule has 11 rings (SSSR count). The van der Waals surface area contributed by atoms with Crippen molar-refractivity contribution in [2.45, 2.75) is 0 Å². The van der Waals surface area contributed by atoms with Crippen LogP contribution >= 0.6 is 0 Å². The van der Waals surface area contributed by atoms with Crippen molar-refractivity contribution in [3.63, 3.8) is 0 Å². The molecule has 0 spiro atoms. The Balaban J connectivity index is 1.09. The first-order valence-electron chi connectivity index (χ1n) is 16.5. The Bertz CT molecular complexity index is 3000. The highest BCUT2D eigenvalue weighted by molar-refractivity contribution is 6.27. The number of aromatic nitrogens is 1. The molecule has 0 saturated carbocycles. The van der Waals surface area contributed by atoms with Crippen LogP contribution < -0.4 is 0 Å². The van der Waals surface area contributed by atoms with Gasteiger partial charge in [0.1, 0.15) is 11.2 Å². The Morgan fingerprint density at radius 1 is 0.354 bits per heavy atom. The summed E-state index contributed by atoms with van der Waals surface area (Å²) in [6, 6.07) is 59.5. The molecule has 0 aliphatic carbocycles. The molecule has 222 valence electrons. The summed E-state index contributed by atoms with van der Waals surface area (Å²) in [5.41, 5.74) is 10.2. The molecule has 0 N–H and O–H groups in total. The molecule has 0 fully saturated rings. The molecule has 0 atom stereocenters. The monoisotopic (exact) mass is 609 g/mol. The number of furan rings is 1. The first-order chi connectivity index (χ1) is 23.8. The lowest BCUT2D eigenvalue weighted by Crippen LogP contribution is -1.93. The Morgan fingerprint density at radius 2 is 0.875 bits per heavy atom. The van der Waals surface area contributed by atoms with Crippen LogP contribution in [0.2, 0.25) is 0 Å². The van der Waals surface area contributed by atoms with Crippen molar-refractivity contribution >= 4 is 76.1 Å². The molecular formula is C46H27NO. The quantitative estimate of drug-likeness (QED) is 0.182. The molecule has 2 heteroatoms. The maximum absolute atomic E-state index is 6.65. The summed E-state index contributed by atoms with van der Waals surface area (Å²) in [6.07, 6.45) is 0. The van der Waals surface area contributed by atoms with Crippen LogP contribution in [0, 0.1) is 0 Å². The standard InChI is InChI=1S/C46H27NO/c1-2-8-28(9-3-1)33-20-14-29-17-24-40-34(21-15-30-16-23-39(33)45(29)46(30)40)31-18-22-37-38-25-19-32(27-44(38)48-43(37)26-31)47-41-12-6-4-10-35(41)36-11-5-7-13-42(36)47/h1-27H. The number of para-hydroxylation sites is 2. The molecule has 0 unspecified atom stereocenters. The molecule has 2 heterocycles. The summed E-state index contributed by atoms with van der Waals surface area (Å²) in [7, 11) is 0. The van der Waals surface area contributed by atoms with E-state index in [1.807, 2.05) is 0 Å². The van der Waals surface area contributed by atoms with Gasteiger partial charge in [0, 0.05) is 33.3 Å². The van der Waals surface area contributed by atoms with Crippen LogP contribution in [0.3, 0.4) is 0 Å². The van der Waals surface area contributed by atoms with E-state index in [1.54, 1.807) is 0 Å². The van der Waals surface area contributed by atoms with Gasteiger partial charge >= 0.3 is 0 Å². The van der Waals surface area contributed by atoms with Gasteiger partial charge in [0.25, 0.3) is 0 Å². The van der Waals surface area contributed by atoms with E-state index in [9.17, 15) is 0 Å². The minimum atomic E-state index is 0.894. The smallest absolute Gasteiger partial charge is 0.137 e. The van der Waals surface area contributed by atoms with Crippen molar-refractivity contribution in [1.82, 2.24) is 4.57 Å². The maximum atomic E-state index is 6.65. The van der Waals surface area contributed by atoms with E-state index in [-0.39, 0.29) is 0 Å². The molecule has 11 aromatic rings. The minimum absolute atomic E-state index is 0.894. The number of rotatable bonds is 3. The van der Waals surface area contributed by atoms with E-state index in [2.05, 4.69) is 168 Å². The summed E-state index contributed by atoms with van der Waals surface area (Å²) < 4.78 is 9.00. The summed E-state index contributed by atoms with van der Waals surface area (Å²) in [5.74, 6) is 0. The van der Waals surface area contributed by atoms with Crippen LogP contribution in [0.4, 0.5) is 0 Å². The highest BCUT2D eigenvalue weighted by atomic mass is 16.3. The van der Waals surface area contributed by atoms with Crippen molar-refractivity contribution in [3.05, 3.63) is 164 Å². The predicted molar refractivity (Wildman–Crippen MR) is 203 cm³/mol. The normalized spacial score (nSPS) is 12.2. The van der Waals surface area contributed by atoms with Gasteiger partial charge in [0.15, 0.2) is 0 Å². The fraction of sp³-hybridized carbons (Fsp3) is 0. The van der Waals surface area contributed by atoms with Gasteiger partial charge in [-0.1, -0.05) is 121 Å². The van der Waals surface area contributed by atoms with E-state index < -0.39 is 0 Å². The molecule has 0 aliphatic heterocycles. The third-order valence-corrected chi connectivity index (χ3v) is 10.4. The fourth-order valence-electron chi connectivity index (χ4n) is 8.20.